The van der Waals surface area contributed by atoms with Gasteiger partial charge in [-0.05, 0) is 36.5 Å². The van der Waals surface area contributed by atoms with Crippen LogP contribution >= 0.6 is 0 Å². The van der Waals surface area contributed by atoms with Gasteiger partial charge in [0.15, 0.2) is 6.20 Å². The van der Waals surface area contributed by atoms with Gasteiger partial charge in [-0.3, -0.25) is 4.40 Å². The fraction of sp³-hybridized carbons (Fsp3) is 0.200. The summed E-state index contributed by atoms with van der Waals surface area (Å²) in [6.45, 7) is -4.93. The fourth-order valence-electron chi connectivity index (χ4n) is 3.19. The molecule has 3 heterocycles. The molecule has 0 saturated heterocycles. The van der Waals surface area contributed by atoms with E-state index in [0.717, 1.165) is 11.5 Å². The Bertz CT molecular complexity index is 1210. The summed E-state index contributed by atoms with van der Waals surface area (Å²) in [4.78, 5) is 4.35. The highest BCUT2D eigenvalue weighted by atomic mass is 15.2. The van der Waals surface area contributed by atoms with Crippen molar-refractivity contribution in [1.82, 2.24) is 14.0 Å². The van der Waals surface area contributed by atoms with E-state index in [1.807, 2.05) is 46.2 Å². The quantitative estimate of drug-likeness (QED) is 0.519. The third-order valence-corrected chi connectivity index (χ3v) is 4.33. The molecule has 3 aromatic heterocycles. The molecule has 0 bridgehead atoms. The van der Waals surface area contributed by atoms with Crippen LogP contribution in [0.4, 0.5) is 0 Å². The number of pyridine rings is 1. The molecule has 0 radical (unpaired) electrons. The molecular formula is C20H21N4+. The summed E-state index contributed by atoms with van der Waals surface area (Å²) < 4.78 is 53.8. The van der Waals surface area contributed by atoms with Gasteiger partial charge in [0.2, 0.25) is 11.5 Å². The molecule has 0 aliphatic heterocycles. The lowest BCUT2D eigenvalue weighted by Crippen LogP contribution is -2.31. The second kappa shape index (κ2) is 5.34. The van der Waals surface area contributed by atoms with E-state index in [-0.39, 0.29) is 16.7 Å². The van der Waals surface area contributed by atoms with Crippen LogP contribution in [-0.4, -0.2) is 14.0 Å². The first-order valence-corrected chi connectivity index (χ1v) is 7.62. The van der Waals surface area contributed by atoms with Crippen molar-refractivity contribution in [3.05, 3.63) is 66.2 Å². The van der Waals surface area contributed by atoms with E-state index in [1.54, 1.807) is 18.3 Å². The minimum atomic E-state index is -2.47. The molecule has 0 aliphatic carbocycles. The zero-order chi connectivity index (χ0) is 21.8. The third kappa shape index (κ3) is 2.07. The predicted molar refractivity (Wildman–Crippen MR) is 95.7 cm³/mol. The number of imidazole rings is 2. The van der Waals surface area contributed by atoms with Crippen molar-refractivity contribution in [2.24, 2.45) is 14.1 Å². The van der Waals surface area contributed by atoms with Crippen molar-refractivity contribution in [1.29, 1.82) is 0 Å². The van der Waals surface area contributed by atoms with E-state index < -0.39 is 13.7 Å². The third-order valence-electron chi connectivity index (χ3n) is 4.33. The smallest absolute Gasteiger partial charge is 0.238 e. The summed E-state index contributed by atoms with van der Waals surface area (Å²) in [6, 6.07) is 8.00. The lowest BCUT2D eigenvalue weighted by molar-refractivity contribution is -0.660. The normalized spacial score (nSPS) is 16.1. The van der Waals surface area contributed by atoms with Crippen LogP contribution in [-0.2, 0) is 14.1 Å². The molecule has 0 spiro atoms. The van der Waals surface area contributed by atoms with Gasteiger partial charge in [-0.1, -0.05) is 18.2 Å². The Morgan fingerprint density at radius 2 is 1.92 bits per heavy atom. The number of nitrogens with zero attached hydrogens (tertiary/aromatic N) is 4. The summed E-state index contributed by atoms with van der Waals surface area (Å²) in [7, 11) is 3.72. The van der Waals surface area contributed by atoms with Gasteiger partial charge in [0.1, 0.15) is 12.7 Å². The van der Waals surface area contributed by atoms with Gasteiger partial charge in [-0.15, -0.1) is 0 Å². The predicted octanol–water partition coefficient (Wildman–Crippen LogP) is 3.45. The topological polar surface area (TPSA) is 26.1 Å². The van der Waals surface area contributed by atoms with Gasteiger partial charge in [-0.2, -0.15) is 4.57 Å². The summed E-state index contributed by atoms with van der Waals surface area (Å²) in [5.41, 5.74) is 2.29. The van der Waals surface area contributed by atoms with E-state index >= 15 is 0 Å². The first kappa shape index (κ1) is 9.42. The highest BCUT2D eigenvalue weighted by Crippen LogP contribution is 2.34. The molecular weight excluding hydrogens is 296 g/mol. The maximum Gasteiger partial charge on any atom is 0.238 e. The number of rotatable bonds is 2. The number of benzene rings is 1. The van der Waals surface area contributed by atoms with Crippen LogP contribution in [0.1, 0.15) is 19.4 Å². The monoisotopic (exact) mass is 323 g/mol. The molecule has 0 N–H and O–H groups in total. The van der Waals surface area contributed by atoms with Gasteiger partial charge >= 0.3 is 0 Å². The summed E-state index contributed by atoms with van der Waals surface area (Å²) in [5, 5.41) is 0. The number of fused-ring (bicyclic) bond motifs is 1. The minimum Gasteiger partial charge on any atom is -0.308 e. The summed E-state index contributed by atoms with van der Waals surface area (Å²) >= 11 is 0. The number of hydrogen-bond acceptors (Lipinski definition) is 1. The molecule has 4 aromatic rings. The molecule has 0 atom stereocenters. The molecule has 0 fully saturated rings. The van der Waals surface area contributed by atoms with Crippen molar-refractivity contribution >= 4 is 5.78 Å². The van der Waals surface area contributed by atoms with E-state index in [1.165, 1.54) is 18.2 Å². The summed E-state index contributed by atoms with van der Waals surface area (Å²) in [5.74, 6) is 0.722. The SMILES string of the molecule is [2H]C([2H])([2H])c1cccc(C([2H])([2H])[2H])c1-c1ccc[n+](C)c1-c1cn2ccnc2n1C. The van der Waals surface area contributed by atoms with Crippen molar-refractivity contribution in [3.63, 3.8) is 0 Å². The first-order chi connectivity index (χ1) is 14.0. The molecule has 4 rings (SSSR count). The van der Waals surface area contributed by atoms with Gasteiger partial charge in [-0.25, -0.2) is 4.98 Å². The molecule has 0 saturated carbocycles. The largest absolute Gasteiger partial charge is 0.308 e. The molecule has 120 valence electrons. The fourth-order valence-corrected chi connectivity index (χ4v) is 3.19. The Kier molecular flexibility index (Phi) is 2.10. The van der Waals surface area contributed by atoms with Crippen LogP contribution < -0.4 is 4.57 Å². The maximum absolute atomic E-state index is 8.02. The highest BCUT2D eigenvalue weighted by Gasteiger charge is 2.23. The molecule has 0 amide bonds. The number of aromatic nitrogens is 4. The average molecular weight is 323 g/mol. The molecule has 0 aliphatic rings. The first-order valence-electron chi connectivity index (χ1n) is 10.6. The summed E-state index contributed by atoms with van der Waals surface area (Å²) in [6.07, 6.45) is 7.27. The van der Waals surface area contributed by atoms with Gasteiger partial charge in [0, 0.05) is 39.9 Å². The van der Waals surface area contributed by atoms with Crippen LogP contribution in [0.3, 0.4) is 0 Å². The molecule has 24 heavy (non-hydrogen) atoms. The van der Waals surface area contributed by atoms with Gasteiger partial charge in [0.25, 0.3) is 0 Å². The lowest BCUT2D eigenvalue weighted by atomic mass is 9.93. The number of hydrogen-bond donors (Lipinski definition) is 0. The molecule has 4 heteroatoms. The second-order valence-corrected chi connectivity index (χ2v) is 5.82. The zero-order valence-corrected chi connectivity index (χ0v) is 13.5. The van der Waals surface area contributed by atoms with E-state index in [4.69, 9.17) is 8.22 Å². The van der Waals surface area contributed by atoms with Gasteiger partial charge < -0.3 is 4.57 Å². The van der Waals surface area contributed by atoms with Crippen LogP contribution in [0.5, 0.6) is 0 Å². The molecule has 0 unspecified atom stereocenters. The Hall–Kier alpha value is -2.88. The van der Waals surface area contributed by atoms with Crippen LogP contribution in [0, 0.1) is 13.7 Å². The molecule has 1 aromatic carbocycles. The Morgan fingerprint density at radius 1 is 1.12 bits per heavy atom. The van der Waals surface area contributed by atoms with Crippen LogP contribution in [0.2, 0.25) is 0 Å². The lowest BCUT2D eigenvalue weighted by Gasteiger charge is -2.13. The van der Waals surface area contributed by atoms with Crippen molar-refractivity contribution < 1.29 is 12.8 Å². The van der Waals surface area contributed by atoms with Crippen LogP contribution in [0.15, 0.2) is 55.1 Å². The Morgan fingerprint density at radius 3 is 2.62 bits per heavy atom. The standard InChI is InChI=1S/C20H21N4/c1-14-7-5-8-15(2)18(14)16-9-6-11-22(3)19(16)17-13-24-12-10-21-20(24)23(17)4/h5-13H,1-4H3/q+1/i1D3,2D3. The van der Waals surface area contributed by atoms with Crippen molar-refractivity contribution in [2.45, 2.75) is 13.7 Å². The van der Waals surface area contributed by atoms with Crippen molar-refractivity contribution in [2.75, 3.05) is 0 Å². The van der Waals surface area contributed by atoms with E-state index in [0.29, 0.717) is 11.3 Å². The Labute approximate surface area is 150 Å². The Balaban J connectivity index is 2.12. The average Bonchev–Trinajstić information content (AvgIpc) is 3.22. The minimum absolute atomic E-state index is 0.0163. The number of aryl methyl sites for hydroxylation is 4. The maximum atomic E-state index is 8.02. The highest BCUT2D eigenvalue weighted by molar-refractivity contribution is 5.81. The van der Waals surface area contributed by atoms with Gasteiger partial charge in [0.05, 0.1) is 5.56 Å². The van der Waals surface area contributed by atoms with E-state index in [9.17, 15) is 0 Å². The van der Waals surface area contributed by atoms with Crippen LogP contribution in [0.25, 0.3) is 28.3 Å². The molecule has 4 nitrogen and oxygen atoms in total. The second-order valence-electron chi connectivity index (χ2n) is 5.82. The van der Waals surface area contributed by atoms with E-state index in [2.05, 4.69) is 4.98 Å². The zero-order valence-electron chi connectivity index (χ0n) is 19.5. The van der Waals surface area contributed by atoms with Crippen molar-refractivity contribution in [3.8, 4) is 22.5 Å².